The van der Waals surface area contributed by atoms with Crippen LogP contribution in [-0.2, 0) is 29.5 Å². The van der Waals surface area contributed by atoms with Crippen molar-refractivity contribution < 1.29 is 19.4 Å². The summed E-state index contributed by atoms with van der Waals surface area (Å²) in [7, 11) is 0. The maximum atomic E-state index is 13.1. The van der Waals surface area contributed by atoms with Gasteiger partial charge in [-0.05, 0) is 119 Å². The SMILES string of the molecule is CC(=O)Oc1ccc2c3c1OC1C(N(CCCCCCc4ccccc4)CCCc4ccccc4)CC[C@@]4(O)[C@@H](C2)N(CC2CC2)CC[C@]314. The van der Waals surface area contributed by atoms with E-state index in [0.717, 1.165) is 94.8 Å². The van der Waals surface area contributed by atoms with Crippen molar-refractivity contribution in [2.45, 2.75) is 120 Å². The molecular weight excluding hydrogens is 608 g/mol. The summed E-state index contributed by atoms with van der Waals surface area (Å²) < 4.78 is 13.0. The van der Waals surface area contributed by atoms with Gasteiger partial charge in [-0.2, -0.15) is 0 Å². The number of hydrogen-bond donors (Lipinski definition) is 1. The Kier molecular flexibility index (Phi) is 9.32. The third kappa shape index (κ3) is 6.23. The Morgan fingerprint density at radius 1 is 0.878 bits per heavy atom. The number of esters is 1. The molecule has 8 rings (SSSR count). The normalized spacial score (nSPS) is 28.3. The molecule has 0 aromatic heterocycles. The minimum atomic E-state index is -0.860. The maximum absolute atomic E-state index is 13.1. The van der Waals surface area contributed by atoms with Crippen molar-refractivity contribution in [2.75, 3.05) is 26.2 Å². The molecule has 5 atom stereocenters. The maximum Gasteiger partial charge on any atom is 0.308 e. The quantitative estimate of drug-likeness (QED) is 0.105. The van der Waals surface area contributed by atoms with Gasteiger partial charge in [0, 0.05) is 31.1 Å². The lowest BCUT2D eigenvalue weighted by Gasteiger charge is -2.65. The number of rotatable bonds is 15. The predicted octanol–water partition coefficient (Wildman–Crippen LogP) is 7.28. The molecule has 1 saturated heterocycles. The van der Waals surface area contributed by atoms with Crippen LogP contribution >= 0.6 is 0 Å². The first-order chi connectivity index (χ1) is 24.0. The minimum absolute atomic E-state index is 0.100. The number of carbonyl (C=O) groups excluding carboxylic acids is 1. The number of aryl methyl sites for hydroxylation is 2. The van der Waals surface area contributed by atoms with Gasteiger partial charge in [-0.1, -0.05) is 79.6 Å². The number of aliphatic hydroxyl groups is 1. The molecular formula is C43H54N2O4. The highest BCUT2D eigenvalue weighted by molar-refractivity contribution is 5.72. The Morgan fingerprint density at radius 2 is 1.57 bits per heavy atom. The number of hydrogen-bond acceptors (Lipinski definition) is 6. The van der Waals surface area contributed by atoms with Crippen LogP contribution in [0.15, 0.2) is 72.8 Å². The van der Waals surface area contributed by atoms with Crippen LogP contribution in [0.4, 0.5) is 0 Å². The predicted molar refractivity (Wildman–Crippen MR) is 193 cm³/mol. The van der Waals surface area contributed by atoms with Crippen molar-refractivity contribution >= 4 is 5.97 Å². The van der Waals surface area contributed by atoms with Crippen LogP contribution in [0, 0.1) is 5.92 Å². The van der Waals surface area contributed by atoms with Crippen molar-refractivity contribution in [1.29, 1.82) is 0 Å². The van der Waals surface area contributed by atoms with Crippen LogP contribution in [-0.4, -0.2) is 70.8 Å². The molecule has 2 bridgehead atoms. The first-order valence-corrected chi connectivity index (χ1v) is 19.3. The van der Waals surface area contributed by atoms with E-state index in [1.54, 1.807) is 0 Å². The van der Waals surface area contributed by atoms with Crippen molar-refractivity contribution in [3.63, 3.8) is 0 Å². The molecule has 2 heterocycles. The Morgan fingerprint density at radius 3 is 2.29 bits per heavy atom. The topological polar surface area (TPSA) is 62.2 Å². The summed E-state index contributed by atoms with van der Waals surface area (Å²) in [5, 5.41) is 13.1. The van der Waals surface area contributed by atoms with Crippen LogP contribution in [0.5, 0.6) is 11.5 Å². The van der Waals surface area contributed by atoms with E-state index in [-0.39, 0.29) is 24.2 Å². The zero-order valence-electron chi connectivity index (χ0n) is 29.3. The molecule has 6 nitrogen and oxygen atoms in total. The summed E-state index contributed by atoms with van der Waals surface area (Å²) in [6.07, 6.45) is 14.0. The van der Waals surface area contributed by atoms with E-state index >= 15 is 0 Å². The highest BCUT2D eigenvalue weighted by Crippen LogP contribution is 2.66. The fourth-order valence-electron chi connectivity index (χ4n) is 10.3. The van der Waals surface area contributed by atoms with Crippen molar-refractivity contribution in [3.8, 4) is 11.5 Å². The largest absolute Gasteiger partial charge is 0.483 e. The van der Waals surface area contributed by atoms with Crippen LogP contribution < -0.4 is 9.47 Å². The number of nitrogens with zero attached hydrogens (tertiary/aromatic N) is 2. The summed E-state index contributed by atoms with van der Waals surface area (Å²) >= 11 is 0. The molecule has 260 valence electrons. The molecule has 1 N–H and O–H groups in total. The zero-order chi connectivity index (χ0) is 33.4. The van der Waals surface area contributed by atoms with E-state index in [2.05, 4.69) is 76.5 Å². The molecule has 3 aromatic carbocycles. The van der Waals surface area contributed by atoms with E-state index < -0.39 is 11.0 Å². The van der Waals surface area contributed by atoms with Gasteiger partial charge in [-0.3, -0.25) is 14.6 Å². The fourth-order valence-corrected chi connectivity index (χ4v) is 10.3. The van der Waals surface area contributed by atoms with E-state index in [1.807, 2.05) is 6.07 Å². The zero-order valence-corrected chi connectivity index (χ0v) is 29.3. The van der Waals surface area contributed by atoms with Crippen molar-refractivity contribution in [3.05, 3.63) is 95.1 Å². The number of unbranched alkanes of at least 4 members (excludes halogenated alkanes) is 3. The Balaban J connectivity index is 1.06. The molecule has 1 spiro atoms. The number of ether oxygens (including phenoxy) is 2. The van der Waals surface area contributed by atoms with Gasteiger partial charge in [0.15, 0.2) is 11.5 Å². The number of likely N-dealkylation sites (tertiary alicyclic amines) is 1. The second kappa shape index (κ2) is 13.8. The van der Waals surface area contributed by atoms with E-state index in [0.29, 0.717) is 5.75 Å². The van der Waals surface area contributed by atoms with Gasteiger partial charge in [0.25, 0.3) is 0 Å². The second-order valence-electron chi connectivity index (χ2n) is 15.7. The molecule has 2 aliphatic heterocycles. The van der Waals surface area contributed by atoms with Gasteiger partial charge in [-0.25, -0.2) is 0 Å². The summed E-state index contributed by atoms with van der Waals surface area (Å²) in [6, 6.07) is 26.1. The van der Waals surface area contributed by atoms with Crippen LogP contribution in [0.25, 0.3) is 0 Å². The summed E-state index contributed by atoms with van der Waals surface area (Å²) in [4.78, 5) is 17.6. The molecule has 3 fully saturated rings. The van der Waals surface area contributed by atoms with Crippen molar-refractivity contribution in [2.24, 2.45) is 5.92 Å². The average molecular weight is 663 g/mol. The molecule has 0 amide bonds. The molecule has 3 aromatic rings. The third-order valence-corrected chi connectivity index (χ3v) is 12.7. The Hall–Kier alpha value is -3.19. The van der Waals surface area contributed by atoms with Crippen LogP contribution in [0.3, 0.4) is 0 Å². The van der Waals surface area contributed by atoms with Gasteiger partial charge in [0.05, 0.1) is 11.0 Å². The molecule has 2 saturated carbocycles. The number of carbonyl (C=O) groups is 1. The highest BCUT2D eigenvalue weighted by atomic mass is 16.6. The monoisotopic (exact) mass is 662 g/mol. The lowest BCUT2D eigenvalue weighted by atomic mass is 9.48. The second-order valence-corrected chi connectivity index (χ2v) is 15.7. The average Bonchev–Trinajstić information content (AvgIpc) is 3.85. The first-order valence-electron chi connectivity index (χ1n) is 19.3. The standard InChI is InChI=1S/C43H54N2O4/c1-31(46)48-37-22-21-35-29-38-43(47)24-23-36(41-42(43,39(35)40(37)49-41)25-28-45(38)30-34-19-20-34)44(27-12-18-33-16-9-5-10-17-33)26-11-3-2-6-13-32-14-7-4-8-15-32/h4-5,7-10,14-17,21-22,34,36,38,41,47H,2-3,6,11-13,18-20,23-30H2,1H3/t36?,38-,41?,42+,43-/m1/s1. The Bertz CT molecular complexity index is 1610. The summed E-state index contributed by atoms with van der Waals surface area (Å²) in [5.41, 5.74) is 3.89. The summed E-state index contributed by atoms with van der Waals surface area (Å²) in [5.74, 6) is 1.69. The van der Waals surface area contributed by atoms with E-state index in [9.17, 15) is 9.90 Å². The van der Waals surface area contributed by atoms with Gasteiger partial charge < -0.3 is 14.6 Å². The summed E-state index contributed by atoms with van der Waals surface area (Å²) in [6.45, 7) is 5.60. The molecule has 5 aliphatic rings. The third-order valence-electron chi connectivity index (χ3n) is 12.7. The lowest BCUT2D eigenvalue weighted by Crippen LogP contribution is -2.78. The Labute approximate surface area is 292 Å². The lowest BCUT2D eigenvalue weighted by molar-refractivity contribution is -0.200. The van der Waals surface area contributed by atoms with E-state index in [1.165, 1.54) is 55.7 Å². The molecule has 3 aliphatic carbocycles. The van der Waals surface area contributed by atoms with Crippen molar-refractivity contribution in [1.82, 2.24) is 9.80 Å². The van der Waals surface area contributed by atoms with Gasteiger partial charge in [0.1, 0.15) is 6.10 Å². The molecule has 0 radical (unpaired) electrons. The van der Waals surface area contributed by atoms with Gasteiger partial charge in [-0.15, -0.1) is 0 Å². The van der Waals surface area contributed by atoms with Gasteiger partial charge in [0.2, 0.25) is 0 Å². The smallest absolute Gasteiger partial charge is 0.308 e. The highest BCUT2D eigenvalue weighted by Gasteiger charge is 2.73. The fraction of sp³-hybridized carbons (Fsp3) is 0.558. The molecule has 2 unspecified atom stereocenters. The number of piperidine rings is 1. The molecule has 6 heteroatoms. The minimum Gasteiger partial charge on any atom is -0.483 e. The van der Waals surface area contributed by atoms with Gasteiger partial charge >= 0.3 is 5.97 Å². The van der Waals surface area contributed by atoms with Crippen LogP contribution in [0.2, 0.25) is 0 Å². The number of benzene rings is 3. The van der Waals surface area contributed by atoms with Crippen LogP contribution in [0.1, 0.15) is 93.4 Å². The molecule has 49 heavy (non-hydrogen) atoms. The van der Waals surface area contributed by atoms with E-state index in [4.69, 9.17) is 9.47 Å². The first kappa shape index (κ1) is 33.0.